The fourth-order valence-corrected chi connectivity index (χ4v) is 2.36. The number of carboxylic acid groups (broad SMARTS) is 1. The van der Waals surface area contributed by atoms with Crippen LogP contribution in [0.4, 0.5) is 0 Å². The molecule has 6 nitrogen and oxygen atoms in total. The van der Waals surface area contributed by atoms with Crippen LogP contribution in [0.25, 0.3) is 0 Å². The molecule has 1 unspecified atom stereocenters. The van der Waals surface area contributed by atoms with E-state index >= 15 is 0 Å². The van der Waals surface area contributed by atoms with Crippen LogP contribution in [-0.4, -0.2) is 48.8 Å². The number of hydrogen-bond acceptors (Lipinski definition) is 4. The molecule has 0 aromatic carbocycles. The van der Waals surface area contributed by atoms with Crippen molar-refractivity contribution in [3.8, 4) is 0 Å². The van der Waals surface area contributed by atoms with E-state index in [1.54, 1.807) is 0 Å². The average molecular weight is 286 g/mol. The second kappa shape index (κ2) is 9.72. The third-order valence-electron chi connectivity index (χ3n) is 3.39. The summed E-state index contributed by atoms with van der Waals surface area (Å²) in [6, 6.07) is -0.274. The lowest BCUT2D eigenvalue weighted by Crippen LogP contribution is -2.37. The van der Waals surface area contributed by atoms with Crippen LogP contribution in [0.1, 0.15) is 45.4 Å². The van der Waals surface area contributed by atoms with Crippen molar-refractivity contribution in [2.75, 3.05) is 19.7 Å². The number of ether oxygens (including phenoxy) is 1. The fourth-order valence-electron chi connectivity index (χ4n) is 2.36. The van der Waals surface area contributed by atoms with Crippen LogP contribution in [-0.2, 0) is 14.3 Å². The van der Waals surface area contributed by atoms with Gasteiger partial charge in [-0.05, 0) is 32.4 Å². The fraction of sp³-hybridized carbons (Fsp3) is 0.857. The van der Waals surface area contributed by atoms with E-state index in [0.717, 1.165) is 32.4 Å². The molecule has 20 heavy (non-hydrogen) atoms. The molecule has 0 radical (unpaired) electrons. The molecule has 1 fully saturated rings. The molecule has 1 amide bonds. The van der Waals surface area contributed by atoms with E-state index in [0.29, 0.717) is 19.4 Å². The number of amides is 1. The molecule has 0 bridgehead atoms. The van der Waals surface area contributed by atoms with Gasteiger partial charge < -0.3 is 20.5 Å². The van der Waals surface area contributed by atoms with Crippen molar-refractivity contribution in [2.24, 2.45) is 0 Å². The minimum atomic E-state index is -0.880. The first-order chi connectivity index (χ1) is 9.61. The van der Waals surface area contributed by atoms with Gasteiger partial charge in [-0.1, -0.05) is 13.3 Å². The van der Waals surface area contributed by atoms with Gasteiger partial charge in [0.15, 0.2) is 0 Å². The van der Waals surface area contributed by atoms with Crippen molar-refractivity contribution in [3.63, 3.8) is 0 Å². The first-order valence-corrected chi connectivity index (χ1v) is 7.45. The van der Waals surface area contributed by atoms with E-state index in [2.05, 4.69) is 10.6 Å². The van der Waals surface area contributed by atoms with Crippen LogP contribution in [0, 0.1) is 0 Å². The molecule has 0 aliphatic carbocycles. The number of aliphatic carboxylic acids is 1. The van der Waals surface area contributed by atoms with Gasteiger partial charge in [-0.3, -0.25) is 9.59 Å². The molecule has 116 valence electrons. The Labute approximate surface area is 120 Å². The monoisotopic (exact) mass is 286 g/mol. The summed E-state index contributed by atoms with van der Waals surface area (Å²) in [5.74, 6) is -1.01. The first kappa shape index (κ1) is 16.9. The molecular weight excluding hydrogens is 260 g/mol. The van der Waals surface area contributed by atoms with Crippen molar-refractivity contribution in [1.82, 2.24) is 10.6 Å². The maximum Gasteiger partial charge on any atom is 0.305 e. The standard InChI is InChI=1S/C14H26N2O4/c1-2-3-11(10-14(18)19)16-13(17)6-9-20-12-4-7-15-8-5-12/h11-12,15H,2-10H2,1H3,(H,16,17)(H,18,19). The Hall–Kier alpha value is -1.14. The highest BCUT2D eigenvalue weighted by Crippen LogP contribution is 2.08. The quantitative estimate of drug-likeness (QED) is 0.586. The zero-order chi connectivity index (χ0) is 14.8. The van der Waals surface area contributed by atoms with Crippen molar-refractivity contribution >= 4 is 11.9 Å². The predicted octanol–water partition coefficient (Wildman–Crippen LogP) is 0.905. The Morgan fingerprint density at radius 3 is 2.70 bits per heavy atom. The SMILES string of the molecule is CCCC(CC(=O)O)NC(=O)CCOC1CCNCC1. The number of nitrogens with one attached hydrogen (secondary N) is 2. The molecule has 1 aliphatic rings. The number of piperidine rings is 1. The molecular formula is C14H26N2O4. The number of rotatable bonds is 9. The van der Waals surface area contributed by atoms with Gasteiger partial charge in [0.1, 0.15) is 0 Å². The van der Waals surface area contributed by atoms with Crippen molar-refractivity contribution < 1.29 is 19.4 Å². The van der Waals surface area contributed by atoms with Crippen LogP contribution in [0.15, 0.2) is 0 Å². The summed E-state index contributed by atoms with van der Waals surface area (Å²) >= 11 is 0. The van der Waals surface area contributed by atoms with Gasteiger partial charge in [0.05, 0.1) is 19.1 Å². The second-order valence-corrected chi connectivity index (χ2v) is 5.22. The molecule has 0 saturated carbocycles. The Kier molecular flexibility index (Phi) is 8.22. The largest absolute Gasteiger partial charge is 0.481 e. The normalized spacial score (nSPS) is 17.6. The molecule has 1 rings (SSSR count). The summed E-state index contributed by atoms with van der Waals surface area (Å²) in [5.41, 5.74) is 0. The Bertz CT molecular complexity index is 304. The smallest absolute Gasteiger partial charge is 0.305 e. The average Bonchev–Trinajstić information content (AvgIpc) is 2.39. The van der Waals surface area contributed by atoms with Gasteiger partial charge in [-0.15, -0.1) is 0 Å². The second-order valence-electron chi connectivity index (χ2n) is 5.22. The summed E-state index contributed by atoms with van der Waals surface area (Å²) < 4.78 is 5.66. The summed E-state index contributed by atoms with van der Waals surface area (Å²) in [6.07, 6.45) is 4.03. The lowest BCUT2D eigenvalue weighted by atomic mass is 10.1. The molecule has 1 heterocycles. The highest BCUT2D eigenvalue weighted by molar-refractivity contribution is 5.77. The summed E-state index contributed by atoms with van der Waals surface area (Å²) in [4.78, 5) is 22.5. The van der Waals surface area contributed by atoms with E-state index < -0.39 is 5.97 Å². The van der Waals surface area contributed by atoms with Gasteiger partial charge in [0, 0.05) is 12.5 Å². The maximum absolute atomic E-state index is 11.8. The molecule has 3 N–H and O–H groups in total. The molecule has 0 spiro atoms. The number of carbonyl (C=O) groups excluding carboxylic acids is 1. The van der Waals surface area contributed by atoms with Crippen LogP contribution >= 0.6 is 0 Å². The van der Waals surface area contributed by atoms with Crippen molar-refractivity contribution in [1.29, 1.82) is 0 Å². The topological polar surface area (TPSA) is 87.7 Å². The van der Waals surface area contributed by atoms with E-state index in [4.69, 9.17) is 9.84 Å². The molecule has 1 saturated heterocycles. The molecule has 0 aromatic rings. The Morgan fingerprint density at radius 2 is 2.10 bits per heavy atom. The summed E-state index contributed by atoms with van der Waals surface area (Å²) in [6.45, 7) is 4.31. The van der Waals surface area contributed by atoms with E-state index in [-0.39, 0.29) is 24.5 Å². The van der Waals surface area contributed by atoms with Gasteiger partial charge >= 0.3 is 5.97 Å². The lowest BCUT2D eigenvalue weighted by Gasteiger charge is -2.23. The van der Waals surface area contributed by atoms with E-state index in [1.165, 1.54) is 0 Å². The first-order valence-electron chi connectivity index (χ1n) is 7.45. The van der Waals surface area contributed by atoms with Crippen LogP contribution < -0.4 is 10.6 Å². The number of carbonyl (C=O) groups is 2. The molecule has 0 aromatic heterocycles. The zero-order valence-corrected chi connectivity index (χ0v) is 12.2. The maximum atomic E-state index is 11.8. The van der Waals surface area contributed by atoms with Crippen LogP contribution in [0.2, 0.25) is 0 Å². The van der Waals surface area contributed by atoms with Gasteiger partial charge in [0.25, 0.3) is 0 Å². The Morgan fingerprint density at radius 1 is 1.40 bits per heavy atom. The highest BCUT2D eigenvalue weighted by Gasteiger charge is 2.16. The van der Waals surface area contributed by atoms with Crippen LogP contribution in [0.3, 0.4) is 0 Å². The zero-order valence-electron chi connectivity index (χ0n) is 12.2. The summed E-state index contributed by atoms with van der Waals surface area (Å²) in [5, 5.41) is 14.8. The summed E-state index contributed by atoms with van der Waals surface area (Å²) in [7, 11) is 0. The van der Waals surface area contributed by atoms with Crippen molar-refractivity contribution in [3.05, 3.63) is 0 Å². The Balaban J connectivity index is 2.18. The van der Waals surface area contributed by atoms with Gasteiger partial charge in [-0.25, -0.2) is 0 Å². The van der Waals surface area contributed by atoms with Gasteiger partial charge in [0.2, 0.25) is 5.91 Å². The number of carboxylic acids is 1. The van der Waals surface area contributed by atoms with Crippen molar-refractivity contribution in [2.45, 2.75) is 57.6 Å². The third kappa shape index (κ3) is 7.45. The lowest BCUT2D eigenvalue weighted by molar-refractivity contribution is -0.137. The molecule has 1 atom stereocenters. The minimum Gasteiger partial charge on any atom is -0.481 e. The predicted molar refractivity (Wildman–Crippen MR) is 75.6 cm³/mol. The van der Waals surface area contributed by atoms with E-state index in [1.807, 2.05) is 6.92 Å². The molecule has 1 aliphatic heterocycles. The third-order valence-corrected chi connectivity index (χ3v) is 3.39. The highest BCUT2D eigenvalue weighted by atomic mass is 16.5. The number of hydrogen-bond donors (Lipinski definition) is 3. The van der Waals surface area contributed by atoms with Gasteiger partial charge in [-0.2, -0.15) is 0 Å². The molecule has 6 heteroatoms. The minimum absolute atomic E-state index is 0.0191. The van der Waals surface area contributed by atoms with E-state index in [9.17, 15) is 9.59 Å². The van der Waals surface area contributed by atoms with Crippen LogP contribution in [0.5, 0.6) is 0 Å².